The highest BCUT2D eigenvalue weighted by Gasteiger charge is 2.15. The lowest BCUT2D eigenvalue weighted by Gasteiger charge is -2.19. The summed E-state index contributed by atoms with van der Waals surface area (Å²) >= 11 is 1.80. The summed E-state index contributed by atoms with van der Waals surface area (Å²) in [5, 5.41) is 0. The molecule has 0 heterocycles. The largest absolute Gasteiger partial charge is 0.494 e. The van der Waals surface area contributed by atoms with Crippen LogP contribution in [0.5, 0.6) is 5.75 Å². The number of hydrogen-bond donors (Lipinski definition) is 2. The Hall–Kier alpha value is -1.49. The van der Waals surface area contributed by atoms with E-state index in [9.17, 15) is 0 Å². The molecule has 2 aromatic rings. The Morgan fingerprint density at radius 2 is 1.86 bits per heavy atom. The van der Waals surface area contributed by atoms with Crippen molar-refractivity contribution >= 4 is 11.8 Å². The zero-order valence-electron chi connectivity index (χ0n) is 12.5. The van der Waals surface area contributed by atoms with Gasteiger partial charge >= 0.3 is 0 Å². The molecule has 0 aliphatic heterocycles. The Morgan fingerprint density at radius 3 is 2.57 bits per heavy atom. The second-order valence-electron chi connectivity index (χ2n) is 4.77. The van der Waals surface area contributed by atoms with Crippen LogP contribution in [0.25, 0.3) is 0 Å². The third-order valence-electron chi connectivity index (χ3n) is 3.29. The van der Waals surface area contributed by atoms with E-state index in [1.165, 1.54) is 10.5 Å². The quantitative estimate of drug-likeness (QED) is 0.465. The van der Waals surface area contributed by atoms with Gasteiger partial charge in [-0.25, -0.2) is 0 Å². The van der Waals surface area contributed by atoms with E-state index in [0.29, 0.717) is 6.61 Å². The van der Waals surface area contributed by atoms with Crippen LogP contribution in [0.15, 0.2) is 53.4 Å². The summed E-state index contributed by atoms with van der Waals surface area (Å²) in [5.74, 6) is 7.50. The van der Waals surface area contributed by atoms with Gasteiger partial charge in [0, 0.05) is 16.2 Å². The van der Waals surface area contributed by atoms with E-state index in [2.05, 4.69) is 42.7 Å². The third kappa shape index (κ3) is 4.24. The summed E-state index contributed by atoms with van der Waals surface area (Å²) < 4.78 is 5.69. The minimum Gasteiger partial charge on any atom is -0.494 e. The minimum atomic E-state index is 0.0531. The molecule has 2 aromatic carbocycles. The topological polar surface area (TPSA) is 47.3 Å². The molecule has 21 heavy (non-hydrogen) atoms. The van der Waals surface area contributed by atoms with Gasteiger partial charge in [-0.3, -0.25) is 11.3 Å². The van der Waals surface area contributed by atoms with E-state index < -0.39 is 0 Å². The Labute approximate surface area is 130 Å². The van der Waals surface area contributed by atoms with Crippen molar-refractivity contribution in [2.24, 2.45) is 5.84 Å². The molecule has 3 nitrogen and oxygen atoms in total. The zero-order valence-corrected chi connectivity index (χ0v) is 13.3. The highest BCUT2D eigenvalue weighted by molar-refractivity contribution is 7.99. The van der Waals surface area contributed by atoms with Gasteiger partial charge in [0.15, 0.2) is 0 Å². The van der Waals surface area contributed by atoms with E-state index in [0.717, 1.165) is 17.1 Å². The van der Waals surface area contributed by atoms with Crippen LogP contribution in [0, 0.1) is 6.92 Å². The molecule has 2 rings (SSSR count). The molecule has 0 aromatic heterocycles. The number of hydrazine groups is 1. The van der Waals surface area contributed by atoms with Crippen LogP contribution < -0.4 is 16.0 Å². The normalized spacial score (nSPS) is 12.1. The molecule has 3 N–H and O–H groups in total. The maximum Gasteiger partial charge on any atom is 0.124 e. The number of para-hydroxylation sites is 1. The number of aryl methyl sites for hydroxylation is 1. The highest BCUT2D eigenvalue weighted by atomic mass is 32.2. The third-order valence-corrected chi connectivity index (χ3v) is 4.56. The van der Waals surface area contributed by atoms with Crippen LogP contribution in [0.2, 0.25) is 0 Å². The van der Waals surface area contributed by atoms with Crippen LogP contribution in [0.1, 0.15) is 24.1 Å². The molecular formula is C17H22N2OS. The molecule has 0 radical (unpaired) electrons. The first kappa shape index (κ1) is 15.9. The van der Waals surface area contributed by atoms with Crippen LogP contribution in [-0.2, 0) is 0 Å². The predicted octanol–water partition coefficient (Wildman–Crippen LogP) is 3.69. The van der Waals surface area contributed by atoms with Crippen LogP contribution >= 0.6 is 11.8 Å². The molecule has 0 spiro atoms. The smallest absolute Gasteiger partial charge is 0.124 e. The van der Waals surface area contributed by atoms with Crippen molar-refractivity contribution in [2.45, 2.75) is 24.8 Å². The van der Waals surface area contributed by atoms with Gasteiger partial charge in [-0.05, 0) is 31.5 Å². The fourth-order valence-corrected chi connectivity index (χ4v) is 3.27. The molecule has 0 saturated carbocycles. The second kappa shape index (κ2) is 8.08. The molecule has 0 amide bonds. The summed E-state index contributed by atoms with van der Waals surface area (Å²) in [6.45, 7) is 4.77. The Balaban J connectivity index is 2.12. The molecule has 1 unspecified atom stereocenters. The van der Waals surface area contributed by atoms with Crippen molar-refractivity contribution in [3.8, 4) is 5.75 Å². The first-order valence-electron chi connectivity index (χ1n) is 7.12. The van der Waals surface area contributed by atoms with Crippen molar-refractivity contribution in [1.82, 2.24) is 5.43 Å². The summed E-state index contributed by atoms with van der Waals surface area (Å²) in [4.78, 5) is 1.28. The Bertz CT molecular complexity index is 574. The standard InChI is InChI=1S/C17H22N2OS/c1-3-20-16-10-6-5-9-14(16)15(19-18)12-21-17-11-7-4-8-13(17)2/h4-11,15,19H,3,12,18H2,1-2H3. The average molecular weight is 302 g/mol. The monoisotopic (exact) mass is 302 g/mol. The molecule has 0 aliphatic rings. The van der Waals surface area contributed by atoms with Crippen LogP contribution in [-0.4, -0.2) is 12.4 Å². The fraction of sp³-hybridized carbons (Fsp3) is 0.294. The first-order chi connectivity index (χ1) is 10.3. The van der Waals surface area contributed by atoms with Gasteiger partial charge in [-0.2, -0.15) is 0 Å². The highest BCUT2D eigenvalue weighted by Crippen LogP contribution is 2.30. The van der Waals surface area contributed by atoms with Crippen LogP contribution in [0.4, 0.5) is 0 Å². The molecular weight excluding hydrogens is 280 g/mol. The molecule has 0 saturated heterocycles. The Morgan fingerprint density at radius 1 is 1.14 bits per heavy atom. The van der Waals surface area contributed by atoms with Gasteiger partial charge in [0.25, 0.3) is 0 Å². The molecule has 1 atom stereocenters. The summed E-state index contributed by atoms with van der Waals surface area (Å²) in [5.41, 5.74) is 5.29. The van der Waals surface area contributed by atoms with Gasteiger partial charge in [0.1, 0.15) is 5.75 Å². The number of rotatable bonds is 7. The average Bonchev–Trinajstić information content (AvgIpc) is 2.51. The summed E-state index contributed by atoms with van der Waals surface area (Å²) in [6.07, 6.45) is 0. The fourth-order valence-electron chi connectivity index (χ4n) is 2.17. The maximum absolute atomic E-state index is 5.75. The van der Waals surface area contributed by atoms with Crippen molar-refractivity contribution in [3.05, 3.63) is 59.7 Å². The minimum absolute atomic E-state index is 0.0531. The van der Waals surface area contributed by atoms with Gasteiger partial charge < -0.3 is 4.74 Å². The first-order valence-corrected chi connectivity index (χ1v) is 8.11. The van der Waals surface area contributed by atoms with Crippen molar-refractivity contribution in [3.63, 3.8) is 0 Å². The number of hydrogen-bond acceptors (Lipinski definition) is 4. The molecule has 0 bridgehead atoms. The molecule has 0 fully saturated rings. The lowest BCUT2D eigenvalue weighted by atomic mass is 10.1. The van der Waals surface area contributed by atoms with Crippen molar-refractivity contribution < 1.29 is 4.74 Å². The number of nitrogens with two attached hydrogens (primary N) is 1. The van der Waals surface area contributed by atoms with Crippen molar-refractivity contribution in [2.75, 3.05) is 12.4 Å². The Kier molecular flexibility index (Phi) is 6.11. The zero-order chi connectivity index (χ0) is 15.1. The maximum atomic E-state index is 5.75. The van der Waals surface area contributed by atoms with E-state index in [1.54, 1.807) is 11.8 Å². The van der Waals surface area contributed by atoms with Gasteiger partial charge in [-0.15, -0.1) is 11.8 Å². The molecule has 0 aliphatic carbocycles. The number of benzene rings is 2. The van der Waals surface area contributed by atoms with Gasteiger partial charge in [0.05, 0.1) is 12.6 Å². The lowest BCUT2D eigenvalue weighted by Crippen LogP contribution is -2.30. The lowest BCUT2D eigenvalue weighted by molar-refractivity contribution is 0.333. The molecule has 4 heteroatoms. The predicted molar refractivity (Wildman–Crippen MR) is 89.6 cm³/mol. The van der Waals surface area contributed by atoms with Crippen molar-refractivity contribution in [1.29, 1.82) is 0 Å². The van der Waals surface area contributed by atoms with Crippen LogP contribution in [0.3, 0.4) is 0 Å². The summed E-state index contributed by atoms with van der Waals surface area (Å²) in [6, 6.07) is 16.5. The molecule has 112 valence electrons. The van der Waals surface area contributed by atoms with E-state index in [-0.39, 0.29) is 6.04 Å². The second-order valence-corrected chi connectivity index (χ2v) is 5.83. The number of thioether (sulfide) groups is 1. The van der Waals surface area contributed by atoms with E-state index >= 15 is 0 Å². The van der Waals surface area contributed by atoms with E-state index in [1.807, 2.05) is 25.1 Å². The SMILES string of the molecule is CCOc1ccccc1C(CSc1ccccc1C)NN. The van der Waals surface area contributed by atoms with Gasteiger partial charge in [0.2, 0.25) is 0 Å². The summed E-state index contributed by atoms with van der Waals surface area (Å²) in [7, 11) is 0. The van der Waals surface area contributed by atoms with E-state index in [4.69, 9.17) is 10.6 Å². The number of nitrogens with one attached hydrogen (secondary N) is 1. The van der Waals surface area contributed by atoms with Gasteiger partial charge in [-0.1, -0.05) is 36.4 Å². The number of ether oxygens (including phenoxy) is 1.